The zero-order valence-corrected chi connectivity index (χ0v) is 11.1. The summed E-state index contributed by atoms with van der Waals surface area (Å²) in [6, 6.07) is 7.43. The van der Waals surface area contributed by atoms with Crippen molar-refractivity contribution in [3.05, 3.63) is 29.8 Å². The first-order chi connectivity index (χ1) is 9.20. The summed E-state index contributed by atoms with van der Waals surface area (Å²) in [6.45, 7) is 3.55. The second-order valence-electron chi connectivity index (χ2n) is 4.68. The fraction of sp³-hybridized carbons (Fsp3) is 0.429. The van der Waals surface area contributed by atoms with E-state index >= 15 is 0 Å². The highest BCUT2D eigenvalue weighted by Crippen LogP contribution is 2.15. The Labute approximate surface area is 112 Å². The molecule has 0 spiro atoms. The molecule has 0 unspecified atom stereocenters. The van der Waals surface area contributed by atoms with Gasteiger partial charge in [-0.25, -0.2) is 0 Å². The minimum absolute atomic E-state index is 0.0508. The van der Waals surface area contributed by atoms with Gasteiger partial charge in [-0.3, -0.25) is 9.59 Å². The second-order valence-corrected chi connectivity index (χ2v) is 4.68. The van der Waals surface area contributed by atoms with E-state index in [0.29, 0.717) is 6.54 Å². The van der Waals surface area contributed by atoms with Crippen molar-refractivity contribution in [2.45, 2.75) is 25.8 Å². The number of hydrogen-bond donors (Lipinski definition) is 3. The molecule has 1 fully saturated rings. The summed E-state index contributed by atoms with van der Waals surface area (Å²) in [5.41, 5.74) is 1.94. The molecule has 102 valence electrons. The summed E-state index contributed by atoms with van der Waals surface area (Å²) in [7, 11) is 0. The highest BCUT2D eigenvalue weighted by Gasteiger charge is 2.27. The lowest BCUT2D eigenvalue weighted by molar-refractivity contribution is -0.678. The summed E-state index contributed by atoms with van der Waals surface area (Å²) in [5, 5.41) is 7.58. The highest BCUT2D eigenvalue weighted by atomic mass is 16.2. The monoisotopic (exact) mass is 262 g/mol. The number of quaternary nitrogens is 1. The largest absolute Gasteiger partial charge is 0.345 e. The summed E-state index contributed by atoms with van der Waals surface area (Å²) >= 11 is 0. The number of aryl methyl sites for hydroxylation is 1. The van der Waals surface area contributed by atoms with Crippen molar-refractivity contribution >= 4 is 17.5 Å². The normalized spacial score (nSPS) is 18.8. The minimum Gasteiger partial charge on any atom is -0.345 e. The topological polar surface area (TPSA) is 74.8 Å². The maximum Gasteiger partial charge on any atom is 0.278 e. The number of benzene rings is 1. The van der Waals surface area contributed by atoms with E-state index in [1.165, 1.54) is 0 Å². The van der Waals surface area contributed by atoms with Crippen LogP contribution in [-0.4, -0.2) is 30.9 Å². The van der Waals surface area contributed by atoms with E-state index in [0.717, 1.165) is 24.2 Å². The van der Waals surface area contributed by atoms with Gasteiger partial charge in [-0.2, -0.15) is 0 Å². The Balaban J connectivity index is 1.95. The zero-order chi connectivity index (χ0) is 13.7. The third-order valence-electron chi connectivity index (χ3n) is 3.31. The number of hydrogen-bond acceptors (Lipinski definition) is 2. The van der Waals surface area contributed by atoms with Gasteiger partial charge in [-0.1, -0.05) is 25.1 Å². The number of para-hydroxylation sites is 1. The van der Waals surface area contributed by atoms with Gasteiger partial charge in [0.25, 0.3) is 5.91 Å². The van der Waals surface area contributed by atoms with Crippen molar-refractivity contribution in [1.82, 2.24) is 5.32 Å². The Morgan fingerprint density at radius 3 is 3.00 bits per heavy atom. The maximum atomic E-state index is 12.0. The van der Waals surface area contributed by atoms with Crippen LogP contribution in [0.25, 0.3) is 0 Å². The summed E-state index contributed by atoms with van der Waals surface area (Å²) < 4.78 is 0. The highest BCUT2D eigenvalue weighted by molar-refractivity contribution is 5.95. The van der Waals surface area contributed by atoms with Crippen molar-refractivity contribution in [3.8, 4) is 0 Å². The van der Waals surface area contributed by atoms with Gasteiger partial charge in [-0.15, -0.1) is 0 Å². The molecular formula is C14H20N3O2+. The van der Waals surface area contributed by atoms with Gasteiger partial charge in [0.1, 0.15) is 0 Å². The molecule has 1 aromatic carbocycles. The molecule has 5 heteroatoms. The van der Waals surface area contributed by atoms with E-state index < -0.39 is 0 Å². The van der Waals surface area contributed by atoms with Gasteiger partial charge < -0.3 is 16.0 Å². The Bertz CT molecular complexity index is 474. The first-order valence-electron chi connectivity index (χ1n) is 6.69. The Morgan fingerprint density at radius 2 is 2.26 bits per heavy atom. The minimum atomic E-state index is -0.303. The van der Waals surface area contributed by atoms with E-state index in [9.17, 15) is 9.59 Å². The predicted molar refractivity (Wildman–Crippen MR) is 72.7 cm³/mol. The Morgan fingerprint density at radius 1 is 1.47 bits per heavy atom. The third-order valence-corrected chi connectivity index (χ3v) is 3.31. The van der Waals surface area contributed by atoms with E-state index in [2.05, 4.69) is 10.6 Å². The van der Waals surface area contributed by atoms with Crippen LogP contribution in [0.15, 0.2) is 24.3 Å². The number of nitrogens with one attached hydrogen (secondary N) is 2. The summed E-state index contributed by atoms with van der Waals surface area (Å²) in [5.74, 6) is -0.163. The number of amides is 2. The molecule has 0 bridgehead atoms. The fourth-order valence-corrected chi connectivity index (χ4v) is 2.25. The van der Waals surface area contributed by atoms with Gasteiger partial charge in [0.15, 0.2) is 6.04 Å². The van der Waals surface area contributed by atoms with Gasteiger partial charge in [-0.05, 0) is 18.1 Å². The molecule has 0 aromatic heterocycles. The van der Waals surface area contributed by atoms with Crippen LogP contribution in [-0.2, 0) is 16.0 Å². The van der Waals surface area contributed by atoms with Crippen molar-refractivity contribution in [1.29, 1.82) is 0 Å². The van der Waals surface area contributed by atoms with Crippen molar-refractivity contribution in [3.63, 3.8) is 0 Å². The number of piperazine rings is 1. The first kappa shape index (κ1) is 13.5. The quantitative estimate of drug-likeness (QED) is 0.693. The van der Waals surface area contributed by atoms with Crippen molar-refractivity contribution in [2.75, 3.05) is 18.4 Å². The number of carbonyl (C=O) groups is 2. The molecule has 1 aliphatic heterocycles. The summed E-state index contributed by atoms with van der Waals surface area (Å²) in [6.07, 6.45) is 1.08. The zero-order valence-electron chi connectivity index (χ0n) is 11.1. The van der Waals surface area contributed by atoms with Crippen LogP contribution >= 0.6 is 0 Å². The van der Waals surface area contributed by atoms with Gasteiger partial charge >= 0.3 is 0 Å². The van der Waals surface area contributed by atoms with Crippen LogP contribution in [0.3, 0.4) is 0 Å². The van der Waals surface area contributed by atoms with E-state index in [4.69, 9.17) is 0 Å². The van der Waals surface area contributed by atoms with Gasteiger partial charge in [0.05, 0.1) is 19.5 Å². The van der Waals surface area contributed by atoms with E-state index in [1.807, 2.05) is 36.5 Å². The molecule has 1 aliphatic rings. The summed E-state index contributed by atoms with van der Waals surface area (Å²) in [4.78, 5) is 23.6. The molecule has 0 aliphatic carbocycles. The average molecular weight is 262 g/mol. The fourth-order valence-electron chi connectivity index (χ4n) is 2.25. The van der Waals surface area contributed by atoms with Crippen LogP contribution in [0.4, 0.5) is 5.69 Å². The molecule has 5 nitrogen and oxygen atoms in total. The van der Waals surface area contributed by atoms with Crippen molar-refractivity contribution in [2.24, 2.45) is 0 Å². The molecular weight excluding hydrogens is 242 g/mol. The average Bonchev–Trinajstić information content (AvgIpc) is 2.42. The van der Waals surface area contributed by atoms with Crippen LogP contribution in [0.2, 0.25) is 0 Å². The molecule has 19 heavy (non-hydrogen) atoms. The maximum absolute atomic E-state index is 12.0. The molecule has 2 rings (SSSR count). The van der Waals surface area contributed by atoms with Crippen LogP contribution in [0, 0.1) is 0 Å². The number of rotatable bonds is 4. The SMILES string of the molecule is CCc1ccccc1NC(=O)C[C@@H]1[NH2+]CCNC1=O. The number of carbonyl (C=O) groups excluding carboxylic acids is 2. The van der Waals surface area contributed by atoms with E-state index in [1.54, 1.807) is 0 Å². The Hall–Kier alpha value is -1.88. The molecule has 0 radical (unpaired) electrons. The second kappa shape index (κ2) is 6.33. The predicted octanol–water partition coefficient (Wildman–Crippen LogP) is -0.361. The standard InChI is InChI=1S/C14H19N3O2/c1-2-10-5-3-4-6-11(10)17-13(18)9-12-14(19)16-8-7-15-12/h3-6,12,15H,2,7-9H2,1H3,(H,16,19)(H,17,18)/p+1/t12-/m0/s1. The van der Waals surface area contributed by atoms with E-state index in [-0.39, 0.29) is 24.3 Å². The molecule has 4 N–H and O–H groups in total. The lowest BCUT2D eigenvalue weighted by Gasteiger charge is -2.20. The molecule has 1 atom stereocenters. The third kappa shape index (κ3) is 3.54. The lowest BCUT2D eigenvalue weighted by atomic mass is 10.1. The van der Waals surface area contributed by atoms with Crippen LogP contribution < -0.4 is 16.0 Å². The molecule has 2 amide bonds. The Kier molecular flexibility index (Phi) is 4.52. The number of nitrogens with two attached hydrogens (primary N) is 1. The smallest absolute Gasteiger partial charge is 0.278 e. The molecule has 1 aromatic rings. The van der Waals surface area contributed by atoms with Gasteiger partial charge in [0.2, 0.25) is 5.91 Å². The first-order valence-corrected chi connectivity index (χ1v) is 6.69. The number of anilines is 1. The molecule has 1 heterocycles. The molecule has 1 saturated heterocycles. The van der Waals surface area contributed by atoms with Crippen LogP contribution in [0.5, 0.6) is 0 Å². The van der Waals surface area contributed by atoms with Gasteiger partial charge in [0, 0.05) is 5.69 Å². The van der Waals surface area contributed by atoms with Crippen molar-refractivity contribution < 1.29 is 14.9 Å². The molecule has 0 saturated carbocycles. The lowest BCUT2D eigenvalue weighted by Crippen LogP contribution is -2.96. The van der Waals surface area contributed by atoms with Crippen LogP contribution in [0.1, 0.15) is 18.9 Å².